The number of thiophene rings is 1. The fraction of sp³-hybridized carbons (Fsp3) is 0.600. The Hall–Kier alpha value is 0.1000. The summed E-state index contributed by atoms with van der Waals surface area (Å²) >= 11 is 5.30. The van der Waals surface area contributed by atoms with Crippen molar-refractivity contribution in [2.45, 2.75) is 25.5 Å². The lowest BCUT2D eigenvalue weighted by Crippen LogP contribution is -2.25. The Kier molecular flexibility index (Phi) is 3.99. The molecule has 2 rings (SSSR count). The molecule has 1 atom stereocenters. The Bertz CT molecular complexity index is 283. The van der Waals surface area contributed by atoms with E-state index in [2.05, 4.69) is 32.7 Å². The minimum absolute atomic E-state index is 0.439. The molecular formula is C10H14BrNOS. The van der Waals surface area contributed by atoms with Gasteiger partial charge in [0.15, 0.2) is 0 Å². The predicted molar refractivity (Wildman–Crippen MR) is 62.7 cm³/mol. The van der Waals surface area contributed by atoms with Crippen molar-refractivity contribution in [3.8, 4) is 0 Å². The Labute approximate surface area is 96.8 Å². The molecular weight excluding hydrogens is 262 g/mol. The number of rotatable bonds is 4. The summed E-state index contributed by atoms with van der Waals surface area (Å²) in [5.41, 5.74) is 0. The van der Waals surface area contributed by atoms with Gasteiger partial charge in [-0.25, -0.2) is 0 Å². The first kappa shape index (κ1) is 10.6. The maximum Gasteiger partial charge on any atom is 0.0700 e. The van der Waals surface area contributed by atoms with Gasteiger partial charge in [0, 0.05) is 29.0 Å². The van der Waals surface area contributed by atoms with Gasteiger partial charge in [0.05, 0.1) is 6.10 Å². The normalized spacial score (nSPS) is 21.6. The van der Waals surface area contributed by atoms with Crippen LogP contribution >= 0.6 is 27.3 Å². The molecule has 1 aliphatic heterocycles. The van der Waals surface area contributed by atoms with E-state index in [1.165, 1.54) is 22.2 Å². The van der Waals surface area contributed by atoms with E-state index < -0.39 is 0 Å². The van der Waals surface area contributed by atoms with Gasteiger partial charge in [-0.15, -0.1) is 11.3 Å². The first-order valence-electron chi connectivity index (χ1n) is 4.90. The molecule has 1 N–H and O–H groups in total. The van der Waals surface area contributed by atoms with Gasteiger partial charge >= 0.3 is 0 Å². The van der Waals surface area contributed by atoms with Crippen molar-refractivity contribution >= 4 is 27.3 Å². The standard InChI is InChI=1S/C10H14BrNOS/c11-9-3-5-14-10(9)7-12-6-8-2-1-4-13-8/h3,5,8,12H,1-2,4,6-7H2/t8-/m1/s1. The van der Waals surface area contributed by atoms with Crippen LogP contribution in [-0.4, -0.2) is 19.3 Å². The first-order valence-corrected chi connectivity index (χ1v) is 6.58. The van der Waals surface area contributed by atoms with Crippen LogP contribution in [0.15, 0.2) is 15.9 Å². The highest BCUT2D eigenvalue weighted by molar-refractivity contribution is 9.10. The van der Waals surface area contributed by atoms with Gasteiger partial charge in [-0.05, 0) is 40.2 Å². The molecule has 1 aromatic rings. The van der Waals surface area contributed by atoms with Crippen molar-refractivity contribution in [3.63, 3.8) is 0 Å². The quantitative estimate of drug-likeness (QED) is 0.913. The van der Waals surface area contributed by atoms with Gasteiger partial charge in [0.25, 0.3) is 0 Å². The molecule has 0 spiro atoms. The average molecular weight is 276 g/mol. The van der Waals surface area contributed by atoms with Crippen LogP contribution in [0.4, 0.5) is 0 Å². The molecule has 1 saturated heterocycles. The zero-order valence-corrected chi connectivity index (χ0v) is 10.4. The van der Waals surface area contributed by atoms with Crippen molar-refractivity contribution < 1.29 is 4.74 Å². The molecule has 0 radical (unpaired) electrons. The van der Waals surface area contributed by atoms with E-state index in [0.29, 0.717) is 6.10 Å². The van der Waals surface area contributed by atoms with E-state index in [-0.39, 0.29) is 0 Å². The summed E-state index contributed by atoms with van der Waals surface area (Å²) in [4.78, 5) is 1.36. The smallest absolute Gasteiger partial charge is 0.0700 e. The Balaban J connectivity index is 1.70. The number of nitrogens with one attached hydrogen (secondary N) is 1. The monoisotopic (exact) mass is 275 g/mol. The lowest BCUT2D eigenvalue weighted by Gasteiger charge is -2.09. The van der Waals surface area contributed by atoms with Gasteiger partial charge in [-0.1, -0.05) is 0 Å². The second kappa shape index (κ2) is 5.26. The van der Waals surface area contributed by atoms with Gasteiger partial charge < -0.3 is 10.1 Å². The molecule has 78 valence electrons. The molecule has 1 fully saturated rings. The summed E-state index contributed by atoms with van der Waals surface area (Å²) in [6.45, 7) is 2.86. The lowest BCUT2D eigenvalue weighted by molar-refractivity contribution is 0.110. The Morgan fingerprint density at radius 1 is 1.64 bits per heavy atom. The van der Waals surface area contributed by atoms with E-state index in [4.69, 9.17) is 4.74 Å². The third-order valence-corrected chi connectivity index (χ3v) is 4.30. The highest BCUT2D eigenvalue weighted by Crippen LogP contribution is 2.22. The number of hydrogen-bond acceptors (Lipinski definition) is 3. The molecule has 1 aliphatic rings. The van der Waals surface area contributed by atoms with Crippen LogP contribution in [0.2, 0.25) is 0 Å². The fourth-order valence-corrected chi connectivity index (χ4v) is 3.07. The first-order chi connectivity index (χ1) is 6.86. The topological polar surface area (TPSA) is 21.3 Å². The third-order valence-electron chi connectivity index (χ3n) is 2.37. The van der Waals surface area contributed by atoms with Crippen LogP contribution in [0.1, 0.15) is 17.7 Å². The highest BCUT2D eigenvalue weighted by Gasteiger charge is 2.14. The van der Waals surface area contributed by atoms with Crippen LogP contribution in [-0.2, 0) is 11.3 Å². The number of ether oxygens (including phenoxy) is 1. The Morgan fingerprint density at radius 2 is 2.57 bits per heavy atom. The molecule has 4 heteroatoms. The van der Waals surface area contributed by atoms with E-state index in [1.807, 2.05) is 0 Å². The van der Waals surface area contributed by atoms with Gasteiger partial charge in [-0.2, -0.15) is 0 Å². The van der Waals surface area contributed by atoms with Crippen LogP contribution in [0.5, 0.6) is 0 Å². The average Bonchev–Trinajstić information content (AvgIpc) is 2.78. The molecule has 0 aliphatic carbocycles. The van der Waals surface area contributed by atoms with E-state index in [9.17, 15) is 0 Å². The van der Waals surface area contributed by atoms with Crippen LogP contribution in [0.3, 0.4) is 0 Å². The zero-order chi connectivity index (χ0) is 9.80. The lowest BCUT2D eigenvalue weighted by atomic mass is 10.2. The van der Waals surface area contributed by atoms with E-state index >= 15 is 0 Å². The van der Waals surface area contributed by atoms with Crippen molar-refractivity contribution in [1.82, 2.24) is 5.32 Å². The SMILES string of the molecule is Brc1ccsc1CNC[C@H]1CCCO1. The van der Waals surface area contributed by atoms with Crippen molar-refractivity contribution in [3.05, 3.63) is 20.8 Å². The molecule has 14 heavy (non-hydrogen) atoms. The minimum Gasteiger partial charge on any atom is -0.377 e. The maximum absolute atomic E-state index is 5.53. The largest absolute Gasteiger partial charge is 0.377 e. The highest BCUT2D eigenvalue weighted by atomic mass is 79.9. The third kappa shape index (κ3) is 2.79. The number of hydrogen-bond donors (Lipinski definition) is 1. The van der Waals surface area contributed by atoms with E-state index in [1.54, 1.807) is 11.3 Å². The minimum atomic E-state index is 0.439. The van der Waals surface area contributed by atoms with E-state index in [0.717, 1.165) is 19.7 Å². The molecule has 2 nitrogen and oxygen atoms in total. The molecule has 0 aromatic carbocycles. The summed E-state index contributed by atoms with van der Waals surface area (Å²) < 4.78 is 6.74. The van der Waals surface area contributed by atoms with Crippen LogP contribution in [0, 0.1) is 0 Å². The fourth-order valence-electron chi connectivity index (χ4n) is 1.60. The zero-order valence-electron chi connectivity index (χ0n) is 7.96. The molecule has 2 heterocycles. The molecule has 0 unspecified atom stereocenters. The van der Waals surface area contributed by atoms with Crippen molar-refractivity contribution in [2.75, 3.05) is 13.2 Å². The summed E-state index contributed by atoms with van der Waals surface area (Å²) in [5.74, 6) is 0. The van der Waals surface area contributed by atoms with Crippen LogP contribution < -0.4 is 5.32 Å². The molecule has 1 aromatic heterocycles. The summed E-state index contributed by atoms with van der Waals surface area (Å²) in [6.07, 6.45) is 2.86. The predicted octanol–water partition coefficient (Wildman–Crippen LogP) is 2.78. The van der Waals surface area contributed by atoms with Crippen molar-refractivity contribution in [1.29, 1.82) is 0 Å². The second-order valence-electron chi connectivity index (χ2n) is 3.46. The Morgan fingerprint density at radius 3 is 3.21 bits per heavy atom. The van der Waals surface area contributed by atoms with Gasteiger partial charge in [0.2, 0.25) is 0 Å². The molecule has 0 bridgehead atoms. The molecule has 0 saturated carbocycles. The number of halogens is 1. The van der Waals surface area contributed by atoms with Crippen molar-refractivity contribution in [2.24, 2.45) is 0 Å². The maximum atomic E-state index is 5.53. The summed E-state index contributed by atoms with van der Waals surface area (Å²) in [7, 11) is 0. The summed E-state index contributed by atoms with van der Waals surface area (Å²) in [6, 6.07) is 2.09. The second-order valence-corrected chi connectivity index (χ2v) is 5.31. The van der Waals surface area contributed by atoms with Gasteiger partial charge in [-0.3, -0.25) is 0 Å². The summed E-state index contributed by atoms with van der Waals surface area (Å²) in [5, 5.41) is 5.53. The van der Waals surface area contributed by atoms with Crippen LogP contribution in [0.25, 0.3) is 0 Å². The van der Waals surface area contributed by atoms with Gasteiger partial charge in [0.1, 0.15) is 0 Å². The molecule has 0 amide bonds.